The van der Waals surface area contributed by atoms with E-state index in [9.17, 15) is 8.96 Å². The lowest BCUT2D eigenvalue weighted by atomic mass is 10.2. The highest BCUT2D eigenvalue weighted by Crippen LogP contribution is 2.54. The van der Waals surface area contributed by atoms with Crippen molar-refractivity contribution in [2.24, 2.45) is 0 Å². The molecule has 29 heavy (non-hydrogen) atoms. The van der Waals surface area contributed by atoms with Crippen molar-refractivity contribution in [3.05, 3.63) is 42.5 Å². The van der Waals surface area contributed by atoms with Crippen LogP contribution in [0.15, 0.2) is 36.9 Å². The highest BCUT2D eigenvalue weighted by atomic mass is 31.2. The Kier molecular flexibility index (Phi) is 4.47. The molecular weight excluding hydrogens is 404 g/mol. The first-order chi connectivity index (χ1) is 14.0. The molecule has 3 aromatic rings. The Bertz CT molecular complexity index is 1110. The maximum absolute atomic E-state index is 14.7. The second kappa shape index (κ2) is 7.03. The lowest BCUT2D eigenvalue weighted by Gasteiger charge is -2.25. The molecule has 0 spiro atoms. The monoisotopic (exact) mass is 421 g/mol. The minimum atomic E-state index is -3.80. The maximum atomic E-state index is 14.7. The van der Waals surface area contributed by atoms with Crippen LogP contribution in [0.25, 0.3) is 11.2 Å². The molecule has 2 aromatic heterocycles. The summed E-state index contributed by atoms with van der Waals surface area (Å²) < 4.78 is 50.6. The molecule has 1 saturated heterocycles. The van der Waals surface area contributed by atoms with Gasteiger partial charge in [-0.2, -0.15) is 0 Å². The van der Waals surface area contributed by atoms with Crippen molar-refractivity contribution in [1.29, 1.82) is 0 Å². The van der Waals surface area contributed by atoms with Crippen LogP contribution in [0.1, 0.15) is 18.2 Å². The van der Waals surface area contributed by atoms with Gasteiger partial charge in [0.2, 0.25) is 0 Å². The lowest BCUT2D eigenvalue weighted by molar-refractivity contribution is -0.0362. The molecular formula is C17H17FN5O5P. The predicted molar refractivity (Wildman–Crippen MR) is 98.6 cm³/mol. The van der Waals surface area contributed by atoms with Gasteiger partial charge in [-0.15, -0.1) is 0 Å². The molecule has 1 unspecified atom stereocenters. The second-order valence-corrected chi connectivity index (χ2v) is 8.29. The minimum Gasteiger partial charge on any atom is -0.404 e. The van der Waals surface area contributed by atoms with E-state index in [0.717, 1.165) is 5.56 Å². The number of nitrogen functional groups attached to an aromatic ring is 1. The van der Waals surface area contributed by atoms with Crippen LogP contribution >= 0.6 is 7.82 Å². The third kappa shape index (κ3) is 3.36. The summed E-state index contributed by atoms with van der Waals surface area (Å²) in [6, 6.07) is 7.09. The van der Waals surface area contributed by atoms with Crippen molar-refractivity contribution < 1.29 is 27.3 Å². The van der Waals surface area contributed by atoms with Gasteiger partial charge in [0.25, 0.3) is 0 Å². The zero-order valence-corrected chi connectivity index (χ0v) is 15.9. The highest BCUT2D eigenvalue weighted by molar-refractivity contribution is 7.49. The maximum Gasteiger partial charge on any atom is 0.530 e. The SMILES string of the molecule is Nc1ncnc2c1ncn2[C@@H]1O[C@H](COP2(=O)OCc3ccccc3O2)C[C@@H]1F. The van der Waals surface area contributed by atoms with Crippen molar-refractivity contribution in [2.75, 3.05) is 12.3 Å². The van der Waals surface area contributed by atoms with Crippen LogP contribution in [-0.2, 0) is 25.0 Å². The number of hydrogen-bond acceptors (Lipinski definition) is 9. The standard InChI is InChI=1S/C17H17FN5O5P/c18-12-5-11(7-26-29(24)25-6-10-3-1-2-4-13(10)28-29)27-17(12)23-9-22-14-15(19)20-8-21-16(14)23/h1-4,8-9,11-12,17H,5-7H2,(H2,19,20,21)/t11-,12-,17+,29?/m0/s1. The van der Waals surface area contributed by atoms with Gasteiger partial charge in [0.05, 0.1) is 25.6 Å². The highest BCUT2D eigenvalue weighted by Gasteiger charge is 2.41. The van der Waals surface area contributed by atoms with Crippen LogP contribution in [0.3, 0.4) is 0 Å². The topological polar surface area (TPSA) is 124 Å². The van der Waals surface area contributed by atoms with Gasteiger partial charge < -0.3 is 15.0 Å². The number of anilines is 1. The van der Waals surface area contributed by atoms with Gasteiger partial charge in [0.1, 0.15) is 23.8 Å². The van der Waals surface area contributed by atoms with Gasteiger partial charge in [-0.05, 0) is 6.07 Å². The van der Waals surface area contributed by atoms with Crippen molar-refractivity contribution in [2.45, 2.75) is 31.5 Å². The molecule has 0 aliphatic carbocycles. The summed E-state index contributed by atoms with van der Waals surface area (Å²) in [5.41, 5.74) is 7.28. The molecule has 5 rings (SSSR count). The van der Waals surface area contributed by atoms with E-state index < -0.39 is 26.3 Å². The molecule has 152 valence electrons. The fraction of sp³-hybridized carbons (Fsp3) is 0.353. The number of phosphoric acid groups is 1. The fourth-order valence-corrected chi connectivity index (χ4v) is 4.60. The fourth-order valence-electron chi connectivity index (χ4n) is 3.35. The third-order valence-corrected chi connectivity index (χ3v) is 6.10. The van der Waals surface area contributed by atoms with E-state index >= 15 is 0 Å². The van der Waals surface area contributed by atoms with Crippen LogP contribution in [0.5, 0.6) is 5.75 Å². The first-order valence-electron chi connectivity index (χ1n) is 8.91. The van der Waals surface area contributed by atoms with E-state index in [0.29, 0.717) is 16.9 Å². The van der Waals surface area contributed by atoms with Gasteiger partial charge in [-0.1, -0.05) is 18.2 Å². The molecule has 0 amide bonds. The summed E-state index contributed by atoms with van der Waals surface area (Å²) in [6.07, 6.45) is -0.226. The molecule has 2 aliphatic heterocycles. The Balaban J connectivity index is 1.27. The number of ether oxygens (including phenoxy) is 1. The number of para-hydroxylation sites is 1. The normalized spacial score (nSPS) is 28.9. The molecule has 0 bridgehead atoms. The van der Waals surface area contributed by atoms with Crippen molar-refractivity contribution >= 4 is 24.8 Å². The summed E-state index contributed by atoms with van der Waals surface area (Å²) in [5.74, 6) is 0.643. The number of phosphoric ester groups is 1. The van der Waals surface area contributed by atoms with Crippen molar-refractivity contribution in [3.8, 4) is 5.75 Å². The molecule has 10 nitrogen and oxygen atoms in total. The van der Waals surface area contributed by atoms with Crippen molar-refractivity contribution in [1.82, 2.24) is 19.5 Å². The molecule has 1 fully saturated rings. The van der Waals surface area contributed by atoms with E-state index in [2.05, 4.69) is 15.0 Å². The van der Waals surface area contributed by atoms with Crippen LogP contribution < -0.4 is 10.3 Å². The number of nitrogens with two attached hydrogens (primary N) is 1. The van der Waals surface area contributed by atoms with Crippen LogP contribution in [0, 0.1) is 0 Å². The van der Waals surface area contributed by atoms with Gasteiger partial charge in [0, 0.05) is 12.0 Å². The average molecular weight is 421 g/mol. The van der Waals surface area contributed by atoms with Crippen LogP contribution in [0.2, 0.25) is 0 Å². The largest absolute Gasteiger partial charge is 0.530 e. The van der Waals surface area contributed by atoms with E-state index in [1.54, 1.807) is 12.1 Å². The smallest absolute Gasteiger partial charge is 0.404 e. The van der Waals surface area contributed by atoms with Crippen molar-refractivity contribution in [3.63, 3.8) is 0 Å². The Morgan fingerprint density at radius 2 is 2.17 bits per heavy atom. The molecule has 2 aliphatic rings. The van der Waals surface area contributed by atoms with Crippen LogP contribution in [0.4, 0.5) is 10.2 Å². The Morgan fingerprint density at radius 1 is 1.31 bits per heavy atom. The third-order valence-electron chi connectivity index (χ3n) is 4.77. The quantitative estimate of drug-likeness (QED) is 0.633. The van der Waals surface area contributed by atoms with Gasteiger partial charge in [-0.3, -0.25) is 13.6 Å². The average Bonchev–Trinajstić information content (AvgIpc) is 3.30. The second-order valence-electron chi connectivity index (χ2n) is 6.70. The molecule has 0 saturated carbocycles. The summed E-state index contributed by atoms with van der Waals surface area (Å²) in [5, 5.41) is 0. The number of fused-ring (bicyclic) bond motifs is 2. The van der Waals surface area contributed by atoms with E-state index in [1.165, 1.54) is 17.2 Å². The van der Waals surface area contributed by atoms with Gasteiger partial charge in [0.15, 0.2) is 17.7 Å². The molecule has 4 heterocycles. The number of nitrogens with zero attached hydrogens (tertiary/aromatic N) is 4. The number of benzene rings is 1. The van der Waals surface area contributed by atoms with E-state index in [-0.39, 0.29) is 25.5 Å². The number of rotatable bonds is 4. The number of aromatic nitrogens is 4. The predicted octanol–water partition coefficient (Wildman–Crippen LogP) is 2.77. The zero-order valence-electron chi connectivity index (χ0n) is 15.1. The van der Waals surface area contributed by atoms with Gasteiger partial charge in [-0.25, -0.2) is 23.9 Å². The Labute approximate surface area is 164 Å². The van der Waals surface area contributed by atoms with Gasteiger partial charge >= 0.3 is 7.82 Å². The summed E-state index contributed by atoms with van der Waals surface area (Å²) in [7, 11) is -3.80. The van der Waals surface area contributed by atoms with E-state index in [4.69, 9.17) is 24.0 Å². The number of alkyl halides is 1. The molecule has 0 radical (unpaired) electrons. The van der Waals surface area contributed by atoms with E-state index in [1.807, 2.05) is 12.1 Å². The summed E-state index contributed by atoms with van der Waals surface area (Å²) >= 11 is 0. The summed E-state index contributed by atoms with van der Waals surface area (Å²) in [4.78, 5) is 12.1. The first kappa shape index (κ1) is 18.4. The van der Waals surface area contributed by atoms with Crippen LogP contribution in [-0.4, -0.2) is 38.4 Å². The summed E-state index contributed by atoms with van der Waals surface area (Å²) in [6.45, 7) is -0.0460. The first-order valence-corrected chi connectivity index (χ1v) is 10.4. The lowest BCUT2D eigenvalue weighted by Crippen LogP contribution is -2.19. The zero-order chi connectivity index (χ0) is 20.0. The molecule has 1 aromatic carbocycles. The number of hydrogen-bond donors (Lipinski definition) is 1. The molecule has 2 N–H and O–H groups in total. The molecule has 12 heteroatoms. The number of halogens is 1. The number of imidazole rings is 1. The minimum absolute atomic E-state index is 0.0431. The Hall–Kier alpha value is -2.59. The Morgan fingerprint density at radius 3 is 3.07 bits per heavy atom. The molecule has 4 atom stereocenters.